The van der Waals surface area contributed by atoms with Gasteiger partial charge in [-0.05, 0) is 86.7 Å². The molecule has 6 aliphatic rings. The van der Waals surface area contributed by atoms with Gasteiger partial charge in [0.2, 0.25) is 0 Å². The van der Waals surface area contributed by atoms with Crippen molar-refractivity contribution in [2.45, 2.75) is 74.9 Å². The quantitative estimate of drug-likeness (QED) is 0.621. The van der Waals surface area contributed by atoms with E-state index < -0.39 is 12.2 Å². The van der Waals surface area contributed by atoms with Gasteiger partial charge in [0.25, 0.3) is 0 Å². The average molecular weight is 485 g/mol. The van der Waals surface area contributed by atoms with Crippen molar-refractivity contribution in [3.05, 3.63) is 59.9 Å². The highest BCUT2D eigenvalue weighted by molar-refractivity contribution is 5.95. The number of rotatable bonds is 2. The maximum absolute atomic E-state index is 11.5. The minimum atomic E-state index is -0.726. The zero-order chi connectivity index (χ0) is 24.7. The maximum Gasteiger partial charge on any atom is 0.0961 e. The number of ether oxygens (including phenoxy) is 1. The highest BCUT2D eigenvalue weighted by Crippen LogP contribution is 2.81. The third kappa shape index (κ3) is 2.28. The molecule has 2 N–H and O–H groups in total. The first kappa shape index (κ1) is 22.0. The van der Waals surface area contributed by atoms with Crippen LogP contribution < -0.4 is 0 Å². The summed E-state index contributed by atoms with van der Waals surface area (Å²) in [5, 5.41) is 25.1. The van der Waals surface area contributed by atoms with Gasteiger partial charge >= 0.3 is 0 Å². The molecule has 2 aromatic rings. The molecule has 188 valence electrons. The Bertz CT molecular complexity index is 1360. The van der Waals surface area contributed by atoms with E-state index in [9.17, 15) is 10.2 Å². The lowest BCUT2D eigenvalue weighted by Crippen LogP contribution is -2.67. The second-order valence-corrected chi connectivity index (χ2v) is 13.0. The Kier molecular flexibility index (Phi) is 4.08. The van der Waals surface area contributed by atoms with Crippen molar-refractivity contribution in [3.8, 4) is 0 Å². The summed E-state index contributed by atoms with van der Waals surface area (Å²) in [6.07, 6.45) is 13.2. The first-order valence-electron chi connectivity index (χ1n) is 13.7. The molecule has 5 nitrogen and oxygen atoms in total. The first-order chi connectivity index (χ1) is 17.3. The van der Waals surface area contributed by atoms with E-state index in [2.05, 4.69) is 53.2 Å². The monoisotopic (exact) mass is 484 g/mol. The Morgan fingerprint density at radius 1 is 1.08 bits per heavy atom. The van der Waals surface area contributed by atoms with Crippen molar-refractivity contribution < 1.29 is 14.9 Å². The van der Waals surface area contributed by atoms with E-state index in [-0.39, 0.29) is 28.1 Å². The predicted octanol–water partition coefficient (Wildman–Crippen LogP) is 4.34. The molecular formula is C31H36N2O3. The Morgan fingerprint density at radius 2 is 1.94 bits per heavy atom. The molecule has 3 heterocycles. The summed E-state index contributed by atoms with van der Waals surface area (Å²) >= 11 is 0. The van der Waals surface area contributed by atoms with E-state index in [0.29, 0.717) is 11.8 Å². The molecule has 9 atom stereocenters. The number of pyridine rings is 1. The predicted molar refractivity (Wildman–Crippen MR) is 139 cm³/mol. The molecule has 4 aliphatic carbocycles. The van der Waals surface area contributed by atoms with Crippen LogP contribution in [0.3, 0.4) is 0 Å². The number of nitrogens with zero attached hydrogens (tertiary/aromatic N) is 2. The van der Waals surface area contributed by atoms with Gasteiger partial charge in [0.1, 0.15) is 0 Å². The van der Waals surface area contributed by atoms with Gasteiger partial charge in [0.15, 0.2) is 0 Å². The fraction of sp³-hybridized carbons (Fsp3) is 0.581. The molecule has 3 unspecified atom stereocenters. The number of aliphatic hydroxyl groups excluding tert-OH is 2. The van der Waals surface area contributed by atoms with Crippen molar-refractivity contribution >= 4 is 16.3 Å². The minimum absolute atomic E-state index is 0.00915. The standard InChI is InChI=1S/C31H36N2O3/c1-28-11-9-22-23-15-30(23)27(35)26(34)24(33(2)3)16-29(30)12-13-31(22,36-29)25(28)8-7-21(28)20-6-4-5-18-17-32-14-10-19(18)20/h4-7,9-10,14,17,23-27,34-35H,8,11-13,15-16H2,1-3H3/t23?,24-,25?,26+,27-,28+,29+,30?,31+/m0/s1. The number of fused-ring (bicyclic) bond motifs is 3. The van der Waals surface area contributed by atoms with Gasteiger partial charge in [-0.3, -0.25) is 4.98 Å². The minimum Gasteiger partial charge on any atom is -0.390 e. The summed E-state index contributed by atoms with van der Waals surface area (Å²) in [4.78, 5) is 6.44. The SMILES string of the molecule is CN(C)[C@H]1C[C@@]23CC[C@@]4(O2)C(=CC[C@]2(C)C(c5cccc6cnccc56)=CCC24)C2CC23[C@@H](O)[C@@H]1O. The molecule has 0 amide bonds. The fourth-order valence-electron chi connectivity index (χ4n) is 9.96. The second-order valence-electron chi connectivity index (χ2n) is 13.0. The maximum atomic E-state index is 11.5. The summed E-state index contributed by atoms with van der Waals surface area (Å²) < 4.78 is 7.47. The summed E-state index contributed by atoms with van der Waals surface area (Å²) in [5.74, 6) is 0.746. The molecule has 1 aromatic heterocycles. The molecule has 2 bridgehead atoms. The molecule has 0 radical (unpaired) electrons. The van der Waals surface area contributed by atoms with Gasteiger partial charge in [0.05, 0.1) is 23.4 Å². The summed E-state index contributed by atoms with van der Waals surface area (Å²) in [5.41, 5.74) is 3.35. The Balaban J connectivity index is 1.24. The van der Waals surface area contributed by atoms with Gasteiger partial charge < -0.3 is 19.8 Å². The molecule has 2 aliphatic heterocycles. The molecule has 2 saturated carbocycles. The number of allylic oxidation sites excluding steroid dienone is 3. The molecule has 3 spiro atoms. The average Bonchev–Trinajstić information content (AvgIpc) is 3.40. The van der Waals surface area contributed by atoms with Crippen molar-refractivity contribution in [2.24, 2.45) is 22.7 Å². The third-order valence-electron chi connectivity index (χ3n) is 11.7. The highest BCUT2D eigenvalue weighted by Gasteiger charge is 2.84. The second kappa shape index (κ2) is 6.68. The lowest BCUT2D eigenvalue weighted by atomic mass is 9.57. The van der Waals surface area contributed by atoms with Crippen LogP contribution in [0.5, 0.6) is 0 Å². The summed E-state index contributed by atoms with van der Waals surface area (Å²) in [6, 6.07) is 8.67. The molecule has 36 heavy (non-hydrogen) atoms. The topological polar surface area (TPSA) is 65.8 Å². The molecule has 5 heteroatoms. The van der Waals surface area contributed by atoms with Crippen molar-refractivity contribution in [3.63, 3.8) is 0 Å². The first-order valence-corrected chi connectivity index (χ1v) is 13.7. The lowest BCUT2D eigenvalue weighted by Gasteiger charge is -2.59. The summed E-state index contributed by atoms with van der Waals surface area (Å²) in [6.45, 7) is 2.46. The van der Waals surface area contributed by atoms with Crippen LogP contribution in [0.4, 0.5) is 0 Å². The van der Waals surface area contributed by atoms with E-state index >= 15 is 0 Å². The van der Waals surface area contributed by atoms with Crippen LogP contribution in [0.2, 0.25) is 0 Å². The smallest absolute Gasteiger partial charge is 0.0961 e. The van der Waals surface area contributed by atoms with E-state index in [0.717, 1.165) is 38.5 Å². The number of benzene rings is 1. The van der Waals surface area contributed by atoms with Crippen LogP contribution in [-0.2, 0) is 4.74 Å². The largest absolute Gasteiger partial charge is 0.390 e. The van der Waals surface area contributed by atoms with Crippen molar-refractivity contribution in [2.75, 3.05) is 14.1 Å². The molecule has 4 fully saturated rings. The number of hydrogen-bond acceptors (Lipinski definition) is 5. The van der Waals surface area contributed by atoms with Crippen LogP contribution in [0.15, 0.2) is 54.4 Å². The number of aromatic nitrogens is 1. The van der Waals surface area contributed by atoms with Gasteiger partial charge in [0, 0.05) is 40.6 Å². The van der Waals surface area contributed by atoms with E-state index in [4.69, 9.17) is 4.74 Å². The van der Waals surface area contributed by atoms with Crippen LogP contribution >= 0.6 is 0 Å². The summed E-state index contributed by atoms with van der Waals surface area (Å²) in [7, 11) is 4.03. The Morgan fingerprint density at radius 3 is 2.78 bits per heavy atom. The van der Waals surface area contributed by atoms with Crippen LogP contribution in [-0.4, -0.2) is 63.6 Å². The lowest BCUT2D eigenvalue weighted by molar-refractivity contribution is -0.248. The highest BCUT2D eigenvalue weighted by atomic mass is 16.5. The van der Waals surface area contributed by atoms with Crippen molar-refractivity contribution in [1.82, 2.24) is 9.88 Å². The normalized spacial score (nSPS) is 48.1. The van der Waals surface area contributed by atoms with Gasteiger partial charge in [-0.2, -0.15) is 0 Å². The fourth-order valence-corrected chi connectivity index (χ4v) is 9.96. The zero-order valence-electron chi connectivity index (χ0n) is 21.4. The van der Waals surface area contributed by atoms with E-state index in [1.807, 2.05) is 26.5 Å². The van der Waals surface area contributed by atoms with Crippen LogP contribution in [0.1, 0.15) is 51.0 Å². The molecule has 8 rings (SSSR count). The number of likely N-dealkylation sites (N-methyl/N-ethyl adjacent to an activating group) is 1. The Hall–Kier alpha value is -2.05. The van der Waals surface area contributed by atoms with E-state index in [1.165, 1.54) is 27.5 Å². The molecule has 1 aromatic carbocycles. The molecule has 2 saturated heterocycles. The zero-order valence-corrected chi connectivity index (χ0v) is 21.4. The number of aliphatic hydroxyl groups is 2. The van der Waals surface area contributed by atoms with E-state index in [1.54, 1.807) is 0 Å². The van der Waals surface area contributed by atoms with Crippen LogP contribution in [0.25, 0.3) is 16.3 Å². The number of hydrogen-bond donors (Lipinski definition) is 2. The third-order valence-corrected chi connectivity index (χ3v) is 11.7. The van der Waals surface area contributed by atoms with Gasteiger partial charge in [-0.25, -0.2) is 0 Å². The van der Waals surface area contributed by atoms with Crippen LogP contribution in [0, 0.1) is 22.7 Å². The Labute approximate surface area is 212 Å². The van der Waals surface area contributed by atoms with Gasteiger partial charge in [-0.1, -0.05) is 37.3 Å². The van der Waals surface area contributed by atoms with Crippen molar-refractivity contribution in [1.29, 1.82) is 0 Å². The molecular weight excluding hydrogens is 448 g/mol. The van der Waals surface area contributed by atoms with Gasteiger partial charge in [-0.15, -0.1) is 0 Å².